The van der Waals surface area contributed by atoms with Crippen LogP contribution in [0.25, 0.3) is 0 Å². The summed E-state index contributed by atoms with van der Waals surface area (Å²) in [6.07, 6.45) is -0.258. The first-order chi connectivity index (χ1) is 8.79. The van der Waals surface area contributed by atoms with Gasteiger partial charge in [0.05, 0.1) is 0 Å². The van der Waals surface area contributed by atoms with Gasteiger partial charge in [0, 0.05) is 0 Å². The Labute approximate surface area is 126 Å². The number of carbonyl (C=O) groups excluding carboxylic acids is 3. The summed E-state index contributed by atoms with van der Waals surface area (Å²) in [4.78, 5) is 37.9. The number of nitrogens with one attached hydrogen (secondary N) is 2. The lowest BCUT2D eigenvalue weighted by Crippen LogP contribution is -2.49. The molecule has 2 rings (SSSR count). The highest BCUT2D eigenvalue weighted by molar-refractivity contribution is 6.47. The Morgan fingerprint density at radius 2 is 1.26 bits per heavy atom. The van der Waals surface area contributed by atoms with Gasteiger partial charge in [0.2, 0.25) is 17.1 Å². The van der Waals surface area contributed by atoms with Crippen molar-refractivity contribution in [3.63, 3.8) is 0 Å². The lowest BCUT2D eigenvalue weighted by atomic mass is 10.3. The normalized spacial score (nSPS) is 14.2. The SMILES string of the molecule is Clc1nc(Cl)c(Cl)c(Cl)n1.O=C1CC(=O)NC(=O)N1. The number of carbonyl (C=O) groups is 3. The quantitative estimate of drug-likeness (QED) is 0.424. The van der Waals surface area contributed by atoms with Gasteiger partial charge < -0.3 is 0 Å². The molecule has 1 aromatic heterocycles. The van der Waals surface area contributed by atoms with E-state index in [4.69, 9.17) is 46.4 Å². The second-order valence-corrected chi connectivity index (χ2v) is 4.42. The van der Waals surface area contributed by atoms with Crippen molar-refractivity contribution in [1.82, 2.24) is 20.6 Å². The van der Waals surface area contributed by atoms with E-state index in [1.165, 1.54) is 0 Å². The van der Waals surface area contributed by atoms with Crippen LogP contribution in [0.1, 0.15) is 6.42 Å². The smallest absolute Gasteiger partial charge is 0.277 e. The second kappa shape index (κ2) is 6.85. The standard InChI is InChI=1S/C4Cl4N2.C4H4N2O3/c5-1-2(6)9-4(8)10-3(1)7;7-2-1-3(8)6-4(9)5-2/h;1H2,(H2,5,6,7,8,9). The van der Waals surface area contributed by atoms with Gasteiger partial charge >= 0.3 is 6.03 Å². The first kappa shape index (κ1) is 15.9. The van der Waals surface area contributed by atoms with Crippen molar-refractivity contribution in [2.75, 3.05) is 0 Å². The number of amides is 4. The number of barbiturate groups is 1. The molecule has 0 radical (unpaired) electrons. The second-order valence-electron chi connectivity index (χ2n) is 2.99. The van der Waals surface area contributed by atoms with Crippen molar-refractivity contribution in [1.29, 1.82) is 0 Å². The molecule has 2 heterocycles. The fourth-order valence-corrected chi connectivity index (χ4v) is 1.62. The minimum atomic E-state index is -0.740. The zero-order chi connectivity index (χ0) is 14.6. The Morgan fingerprint density at radius 1 is 0.842 bits per heavy atom. The minimum absolute atomic E-state index is 0.0144. The number of hydrogen-bond donors (Lipinski definition) is 2. The van der Waals surface area contributed by atoms with Crippen LogP contribution in [0.5, 0.6) is 0 Å². The van der Waals surface area contributed by atoms with Crippen LogP contribution in [-0.4, -0.2) is 27.8 Å². The van der Waals surface area contributed by atoms with Crippen molar-refractivity contribution >= 4 is 64.2 Å². The molecule has 0 bridgehead atoms. The van der Waals surface area contributed by atoms with Gasteiger partial charge in [-0.05, 0) is 11.6 Å². The minimum Gasteiger partial charge on any atom is -0.277 e. The molecule has 4 amide bonds. The lowest BCUT2D eigenvalue weighted by Gasteiger charge is -2.09. The highest BCUT2D eigenvalue weighted by atomic mass is 35.5. The highest BCUT2D eigenvalue weighted by Crippen LogP contribution is 2.27. The molecule has 1 aliphatic rings. The van der Waals surface area contributed by atoms with E-state index < -0.39 is 17.8 Å². The fourth-order valence-electron chi connectivity index (χ4n) is 0.889. The van der Waals surface area contributed by atoms with Crippen molar-refractivity contribution < 1.29 is 14.4 Å². The summed E-state index contributed by atoms with van der Waals surface area (Å²) in [5, 5.41) is 4.03. The van der Waals surface area contributed by atoms with Gasteiger partial charge in [0.15, 0.2) is 10.3 Å². The predicted molar refractivity (Wildman–Crippen MR) is 68.4 cm³/mol. The molecule has 1 aliphatic heterocycles. The maximum atomic E-state index is 10.3. The van der Waals surface area contributed by atoms with E-state index in [1.807, 2.05) is 10.6 Å². The van der Waals surface area contributed by atoms with E-state index in [1.54, 1.807) is 0 Å². The van der Waals surface area contributed by atoms with Gasteiger partial charge in [-0.1, -0.05) is 34.8 Å². The molecule has 0 unspecified atom stereocenters. The van der Waals surface area contributed by atoms with Crippen LogP contribution in [0, 0.1) is 0 Å². The summed E-state index contributed by atoms with van der Waals surface area (Å²) in [5.41, 5.74) is 0. The summed E-state index contributed by atoms with van der Waals surface area (Å²) in [7, 11) is 0. The van der Waals surface area contributed by atoms with Crippen LogP contribution < -0.4 is 10.6 Å². The molecule has 7 nitrogen and oxygen atoms in total. The van der Waals surface area contributed by atoms with Crippen molar-refractivity contribution in [3.8, 4) is 0 Å². The van der Waals surface area contributed by atoms with Crippen molar-refractivity contribution in [3.05, 3.63) is 20.6 Å². The number of hydrogen-bond acceptors (Lipinski definition) is 5. The van der Waals surface area contributed by atoms with E-state index in [-0.39, 0.29) is 27.0 Å². The number of halogens is 4. The molecule has 19 heavy (non-hydrogen) atoms. The Balaban J connectivity index is 0.000000191. The van der Waals surface area contributed by atoms with Gasteiger partial charge in [0.25, 0.3) is 0 Å². The monoisotopic (exact) mass is 344 g/mol. The highest BCUT2D eigenvalue weighted by Gasteiger charge is 2.20. The van der Waals surface area contributed by atoms with Crippen molar-refractivity contribution in [2.24, 2.45) is 0 Å². The molecule has 1 aromatic rings. The molecule has 0 atom stereocenters. The first-order valence-corrected chi connectivity index (χ1v) is 5.98. The summed E-state index contributed by atoms with van der Waals surface area (Å²) in [6, 6.07) is -0.740. The van der Waals surface area contributed by atoms with E-state index in [2.05, 4.69) is 9.97 Å². The number of nitrogens with zero attached hydrogens (tertiary/aromatic N) is 2. The van der Waals surface area contributed by atoms with Gasteiger partial charge in [-0.15, -0.1) is 0 Å². The number of imide groups is 2. The van der Waals surface area contributed by atoms with Crippen LogP contribution in [0.3, 0.4) is 0 Å². The average Bonchev–Trinajstić information content (AvgIpc) is 2.24. The summed E-state index contributed by atoms with van der Waals surface area (Å²) < 4.78 is 0. The van der Waals surface area contributed by atoms with Crippen LogP contribution in [0.15, 0.2) is 0 Å². The maximum absolute atomic E-state index is 10.3. The van der Waals surface area contributed by atoms with Gasteiger partial charge in [-0.25, -0.2) is 14.8 Å². The average molecular weight is 346 g/mol. The third-order valence-electron chi connectivity index (χ3n) is 1.57. The van der Waals surface area contributed by atoms with Crippen LogP contribution in [0.4, 0.5) is 4.79 Å². The first-order valence-electron chi connectivity index (χ1n) is 4.47. The van der Waals surface area contributed by atoms with Crippen LogP contribution >= 0.6 is 46.4 Å². The zero-order valence-corrected chi connectivity index (χ0v) is 11.9. The Morgan fingerprint density at radius 3 is 1.63 bits per heavy atom. The van der Waals surface area contributed by atoms with Gasteiger partial charge in [-0.3, -0.25) is 20.2 Å². The third-order valence-corrected chi connectivity index (χ3v) is 2.84. The van der Waals surface area contributed by atoms with E-state index in [0.717, 1.165) is 0 Å². The Bertz CT molecular complexity index is 483. The molecule has 0 saturated carbocycles. The molecular formula is C8H4Cl4N4O3. The van der Waals surface area contributed by atoms with E-state index in [0.29, 0.717) is 0 Å². The lowest BCUT2D eigenvalue weighted by molar-refractivity contribution is -0.129. The maximum Gasteiger partial charge on any atom is 0.328 e. The molecule has 0 spiro atoms. The molecule has 102 valence electrons. The predicted octanol–water partition coefficient (Wildman–Crippen LogP) is 1.83. The Kier molecular flexibility index (Phi) is 5.74. The largest absolute Gasteiger partial charge is 0.328 e. The molecule has 11 heteroatoms. The topological polar surface area (TPSA) is 101 Å². The molecular weight excluding hydrogens is 342 g/mol. The summed E-state index contributed by atoms with van der Waals surface area (Å²) in [6.45, 7) is 0. The summed E-state index contributed by atoms with van der Waals surface area (Å²) in [5.74, 6) is -1.10. The Hall–Kier alpha value is -1.15. The van der Waals surface area contributed by atoms with Gasteiger partial charge in [0.1, 0.15) is 11.4 Å². The third kappa shape index (κ3) is 5.15. The summed E-state index contributed by atoms with van der Waals surface area (Å²) >= 11 is 21.8. The van der Waals surface area contributed by atoms with E-state index >= 15 is 0 Å². The number of urea groups is 1. The fraction of sp³-hybridized carbons (Fsp3) is 0.125. The molecule has 0 aliphatic carbocycles. The van der Waals surface area contributed by atoms with Crippen LogP contribution in [-0.2, 0) is 9.59 Å². The van der Waals surface area contributed by atoms with Gasteiger partial charge in [-0.2, -0.15) is 0 Å². The molecule has 1 fully saturated rings. The van der Waals surface area contributed by atoms with E-state index in [9.17, 15) is 14.4 Å². The number of rotatable bonds is 0. The number of aromatic nitrogens is 2. The van der Waals surface area contributed by atoms with Crippen molar-refractivity contribution in [2.45, 2.75) is 6.42 Å². The molecule has 2 N–H and O–H groups in total. The molecule has 1 saturated heterocycles. The van der Waals surface area contributed by atoms with Crippen LogP contribution in [0.2, 0.25) is 20.6 Å². The zero-order valence-electron chi connectivity index (χ0n) is 8.84. The molecule has 0 aromatic carbocycles.